The van der Waals surface area contributed by atoms with Crippen molar-refractivity contribution in [3.63, 3.8) is 0 Å². The topological polar surface area (TPSA) is 40.5 Å². The Morgan fingerprint density at radius 2 is 2.08 bits per heavy atom. The quantitative estimate of drug-likeness (QED) is 0.635. The van der Waals surface area contributed by atoms with Crippen LogP contribution in [0.3, 0.4) is 0 Å². The van der Waals surface area contributed by atoms with Crippen molar-refractivity contribution < 1.29 is 9.90 Å². The predicted octanol–water partition coefficient (Wildman–Crippen LogP) is 4.62. The maximum absolute atomic E-state index is 10.7. The van der Waals surface area contributed by atoms with E-state index in [-0.39, 0.29) is 11.8 Å². The Balaban J connectivity index is 1.90. The summed E-state index contributed by atoms with van der Waals surface area (Å²) in [7, 11) is 0. The molecule has 3 nitrogen and oxygen atoms in total. The van der Waals surface area contributed by atoms with E-state index < -0.39 is 5.97 Å². The Labute approximate surface area is 144 Å². The molecule has 0 saturated carbocycles. The molecule has 0 radical (unpaired) electrons. The molecule has 1 aromatic carbocycles. The van der Waals surface area contributed by atoms with E-state index in [9.17, 15) is 4.79 Å². The van der Waals surface area contributed by atoms with Gasteiger partial charge in [-0.2, -0.15) is 0 Å². The predicted molar refractivity (Wildman–Crippen MR) is 98.0 cm³/mol. The second kappa shape index (κ2) is 5.97. The SMILES string of the molecule is C=C1N(CCCCC(=O)O)c2ccc3c(c2C1(C)C)[CH+]C=C(C)[CH+]3. The highest BCUT2D eigenvalue weighted by Crippen LogP contribution is 2.50. The second-order valence-electron chi connectivity index (χ2n) is 7.26. The molecule has 0 unspecified atom stereocenters. The number of aliphatic carboxylic acids is 1. The number of allylic oxidation sites excluding steroid dienone is 3. The minimum atomic E-state index is -0.725. The number of carboxylic acid groups (broad SMARTS) is 1. The fourth-order valence-electron chi connectivity index (χ4n) is 3.75. The van der Waals surface area contributed by atoms with Crippen molar-refractivity contribution in [2.45, 2.75) is 45.4 Å². The van der Waals surface area contributed by atoms with Gasteiger partial charge in [0.15, 0.2) is 11.1 Å². The van der Waals surface area contributed by atoms with Crippen LogP contribution in [-0.4, -0.2) is 17.6 Å². The van der Waals surface area contributed by atoms with Crippen LogP contribution in [0, 0.1) is 12.8 Å². The van der Waals surface area contributed by atoms with Crippen molar-refractivity contribution in [1.29, 1.82) is 0 Å². The third-order valence-electron chi connectivity index (χ3n) is 5.14. The molecule has 1 heterocycles. The van der Waals surface area contributed by atoms with Gasteiger partial charge in [0.05, 0.1) is 11.5 Å². The van der Waals surface area contributed by atoms with E-state index in [2.05, 4.69) is 63.3 Å². The number of hydrogen-bond donors (Lipinski definition) is 1. The number of rotatable bonds is 5. The van der Waals surface area contributed by atoms with Crippen LogP contribution in [0.4, 0.5) is 5.69 Å². The van der Waals surface area contributed by atoms with E-state index in [0.717, 1.165) is 18.7 Å². The molecule has 0 spiro atoms. The van der Waals surface area contributed by atoms with E-state index in [0.29, 0.717) is 6.42 Å². The molecule has 0 amide bonds. The molecule has 0 saturated heterocycles. The van der Waals surface area contributed by atoms with Gasteiger partial charge in [0.25, 0.3) is 0 Å². The van der Waals surface area contributed by atoms with Gasteiger partial charge in [-0.05, 0) is 26.7 Å². The van der Waals surface area contributed by atoms with Crippen molar-refractivity contribution in [1.82, 2.24) is 0 Å². The van der Waals surface area contributed by atoms with Gasteiger partial charge in [-0.25, -0.2) is 0 Å². The Hall–Kier alpha value is -2.29. The van der Waals surface area contributed by atoms with E-state index in [1.807, 2.05) is 0 Å². The lowest BCUT2D eigenvalue weighted by atomic mass is 9.77. The van der Waals surface area contributed by atoms with Crippen molar-refractivity contribution in [2.24, 2.45) is 0 Å². The first kappa shape index (κ1) is 16.6. The third-order valence-corrected chi connectivity index (χ3v) is 5.14. The Kier molecular flexibility index (Phi) is 4.12. The summed E-state index contributed by atoms with van der Waals surface area (Å²) < 4.78 is 0. The molecule has 2 aliphatic rings. The highest BCUT2D eigenvalue weighted by molar-refractivity contribution is 5.76. The Morgan fingerprint density at radius 3 is 2.79 bits per heavy atom. The van der Waals surface area contributed by atoms with E-state index >= 15 is 0 Å². The molecule has 0 atom stereocenters. The first-order valence-electron chi connectivity index (χ1n) is 8.55. The number of carbonyl (C=O) groups is 1. The van der Waals surface area contributed by atoms with Gasteiger partial charge >= 0.3 is 5.97 Å². The van der Waals surface area contributed by atoms with Crippen molar-refractivity contribution in [3.8, 4) is 0 Å². The molecule has 3 heteroatoms. The first-order chi connectivity index (χ1) is 11.3. The number of nitrogens with zero attached hydrogens (tertiary/aromatic N) is 1. The number of hydrogen-bond acceptors (Lipinski definition) is 2. The molecule has 1 N–H and O–H groups in total. The van der Waals surface area contributed by atoms with Gasteiger partial charge in [-0.3, -0.25) is 4.79 Å². The molecule has 1 aromatic rings. The lowest BCUT2D eigenvalue weighted by Gasteiger charge is -2.23. The zero-order chi connectivity index (χ0) is 17.5. The molecular weight excluding hydrogens is 298 g/mol. The number of carboxylic acids is 1. The average Bonchev–Trinajstić information content (AvgIpc) is 2.71. The van der Waals surface area contributed by atoms with Crippen molar-refractivity contribution in [2.75, 3.05) is 11.4 Å². The summed E-state index contributed by atoms with van der Waals surface area (Å²) >= 11 is 0. The van der Waals surface area contributed by atoms with Gasteiger partial charge in [0.1, 0.15) is 35.7 Å². The largest absolute Gasteiger partial charge is 0.481 e. The maximum atomic E-state index is 10.7. The zero-order valence-electron chi connectivity index (χ0n) is 14.7. The van der Waals surface area contributed by atoms with Gasteiger partial charge in [-0.15, -0.1) is 0 Å². The molecule has 0 aromatic heterocycles. The summed E-state index contributed by atoms with van der Waals surface area (Å²) in [5.74, 6) is -0.725. The van der Waals surface area contributed by atoms with Crippen molar-refractivity contribution in [3.05, 3.63) is 65.6 Å². The van der Waals surface area contributed by atoms with Gasteiger partial charge in [-0.1, -0.05) is 6.58 Å². The molecule has 3 rings (SSSR count). The second-order valence-corrected chi connectivity index (χ2v) is 7.26. The molecule has 0 fully saturated rings. The van der Waals surface area contributed by atoms with E-state index in [1.165, 1.54) is 28.0 Å². The zero-order valence-corrected chi connectivity index (χ0v) is 14.7. The Bertz CT molecular complexity index is 728. The Morgan fingerprint density at radius 1 is 1.33 bits per heavy atom. The highest BCUT2D eigenvalue weighted by Gasteiger charge is 2.48. The fourth-order valence-corrected chi connectivity index (χ4v) is 3.75. The van der Waals surface area contributed by atoms with E-state index in [1.54, 1.807) is 0 Å². The standard InChI is InChI=1S/C21H24NO2/c1-14-8-10-17-16(13-14)9-11-18-20(17)21(3,4)15(2)22(18)12-6-5-7-19(23)24/h8-11,13H,2,5-7,12H2,1,3-4H3/q+1/p+1. The van der Waals surface area contributed by atoms with Crippen LogP contribution in [-0.2, 0) is 10.2 Å². The summed E-state index contributed by atoms with van der Waals surface area (Å²) in [5.41, 5.74) is 7.36. The van der Waals surface area contributed by atoms with Gasteiger partial charge in [0, 0.05) is 31.7 Å². The molecule has 1 aliphatic carbocycles. The van der Waals surface area contributed by atoms with Crippen LogP contribution in [0.25, 0.3) is 0 Å². The summed E-state index contributed by atoms with van der Waals surface area (Å²) in [5, 5.41) is 8.81. The number of anilines is 1. The lowest BCUT2D eigenvalue weighted by Crippen LogP contribution is -2.26. The van der Waals surface area contributed by atoms with Crippen LogP contribution in [0.15, 0.2) is 36.1 Å². The number of unbranched alkanes of at least 4 members (excludes halogenated alkanes) is 1. The molecular formula is C21H25NO2+2. The van der Waals surface area contributed by atoms with Gasteiger partial charge in [0.2, 0.25) is 0 Å². The molecule has 1 aliphatic heterocycles. The first-order valence-corrected chi connectivity index (χ1v) is 8.55. The molecule has 24 heavy (non-hydrogen) atoms. The third kappa shape index (κ3) is 2.68. The monoisotopic (exact) mass is 323 g/mol. The normalized spacial score (nSPS) is 17.5. The number of fused-ring (bicyclic) bond motifs is 3. The van der Waals surface area contributed by atoms with Crippen LogP contribution in [0.2, 0.25) is 0 Å². The molecule has 0 bridgehead atoms. The smallest absolute Gasteiger partial charge is 0.303 e. The van der Waals surface area contributed by atoms with Crippen LogP contribution < -0.4 is 4.90 Å². The summed E-state index contributed by atoms with van der Waals surface area (Å²) in [6.45, 7) is 11.7. The number of benzene rings is 1. The van der Waals surface area contributed by atoms with Crippen LogP contribution in [0.5, 0.6) is 0 Å². The minimum Gasteiger partial charge on any atom is -0.481 e. The van der Waals surface area contributed by atoms with Crippen LogP contribution >= 0.6 is 0 Å². The summed E-state index contributed by atoms with van der Waals surface area (Å²) in [6, 6.07) is 4.37. The van der Waals surface area contributed by atoms with Gasteiger partial charge < -0.3 is 10.0 Å². The fraction of sp³-hybridized carbons (Fsp3) is 0.381. The average molecular weight is 323 g/mol. The lowest BCUT2D eigenvalue weighted by molar-refractivity contribution is -0.137. The van der Waals surface area contributed by atoms with Crippen LogP contribution in [0.1, 0.15) is 56.7 Å². The highest BCUT2D eigenvalue weighted by atomic mass is 16.4. The van der Waals surface area contributed by atoms with E-state index in [4.69, 9.17) is 5.11 Å². The van der Waals surface area contributed by atoms with Crippen molar-refractivity contribution >= 4 is 11.7 Å². The minimum absolute atomic E-state index is 0.114. The molecule has 124 valence electrons. The summed E-state index contributed by atoms with van der Waals surface area (Å²) in [6.07, 6.45) is 8.38. The maximum Gasteiger partial charge on any atom is 0.303 e. The summed E-state index contributed by atoms with van der Waals surface area (Å²) in [4.78, 5) is 13.0.